The van der Waals surface area contributed by atoms with Gasteiger partial charge in [0, 0.05) is 0 Å². The molecule has 1 heterocycles. The second-order valence-electron chi connectivity index (χ2n) is 6.15. The summed E-state index contributed by atoms with van der Waals surface area (Å²) in [5.74, 6) is -1.34. The van der Waals surface area contributed by atoms with Crippen molar-refractivity contribution in [2.45, 2.75) is 37.4 Å². The summed E-state index contributed by atoms with van der Waals surface area (Å²) in [6.07, 6.45) is -4.34. The minimum Gasteiger partial charge on any atom is -0.465 e. The number of amides is 1. The molecule has 2 fully saturated rings. The molecule has 0 aromatic heterocycles. The van der Waals surface area contributed by atoms with Crippen LogP contribution in [0.2, 0.25) is 0 Å². The van der Waals surface area contributed by atoms with Crippen molar-refractivity contribution in [3.63, 3.8) is 0 Å². The first-order valence-corrected chi connectivity index (χ1v) is 7.60. The summed E-state index contributed by atoms with van der Waals surface area (Å²) in [5, 5.41) is 9.18. The second kappa shape index (κ2) is 5.99. The number of fused-ring (bicyclic) bond motifs is 1. The lowest BCUT2D eigenvalue weighted by atomic mass is 9.74. The third-order valence-electron chi connectivity index (χ3n) is 4.79. The van der Waals surface area contributed by atoms with Gasteiger partial charge in [-0.05, 0) is 36.8 Å². The van der Waals surface area contributed by atoms with Gasteiger partial charge in [-0.2, -0.15) is 13.2 Å². The molecule has 1 saturated heterocycles. The van der Waals surface area contributed by atoms with E-state index in [2.05, 4.69) is 0 Å². The summed E-state index contributed by atoms with van der Waals surface area (Å²) in [6, 6.07) is 4.62. The predicted molar refractivity (Wildman–Crippen MR) is 76.1 cm³/mol. The van der Waals surface area contributed by atoms with Crippen molar-refractivity contribution in [3.05, 3.63) is 35.4 Å². The molecule has 1 aromatic rings. The summed E-state index contributed by atoms with van der Waals surface area (Å²) < 4.78 is 43.5. The zero-order chi connectivity index (χ0) is 17.5. The van der Waals surface area contributed by atoms with Crippen LogP contribution in [0, 0.1) is 5.92 Å². The van der Waals surface area contributed by atoms with Gasteiger partial charge in [-0.25, -0.2) is 4.79 Å². The molecular formula is C16H16F3NO4. The molecule has 1 amide bonds. The molecule has 1 aliphatic heterocycles. The van der Waals surface area contributed by atoms with E-state index in [4.69, 9.17) is 4.74 Å². The standard InChI is InChI=1S/C16H16F3NO4/c17-16(18,19)11-3-1-2-9(6-11)10-4-5-13-12(7-10)14(21)24-8-20(13)15(22)23/h1-3,6,10,12-13H,4-5,7-8H2,(H,22,23)/t10-,12-,13-/m0/s1. The number of carboxylic acid groups (broad SMARTS) is 1. The first-order chi connectivity index (χ1) is 11.3. The summed E-state index contributed by atoms with van der Waals surface area (Å²) in [4.78, 5) is 24.3. The molecule has 3 rings (SSSR count). The van der Waals surface area contributed by atoms with E-state index in [0.29, 0.717) is 18.4 Å². The number of cyclic esters (lactones) is 1. The number of hydrogen-bond donors (Lipinski definition) is 1. The van der Waals surface area contributed by atoms with Gasteiger partial charge in [-0.1, -0.05) is 18.2 Å². The Hall–Kier alpha value is -2.25. The quantitative estimate of drug-likeness (QED) is 0.793. The van der Waals surface area contributed by atoms with Gasteiger partial charge in [0.25, 0.3) is 0 Å². The van der Waals surface area contributed by atoms with Gasteiger partial charge in [0.1, 0.15) is 0 Å². The molecule has 0 spiro atoms. The molecule has 130 valence electrons. The maximum Gasteiger partial charge on any atom is 0.416 e. The molecule has 5 nitrogen and oxygen atoms in total. The van der Waals surface area contributed by atoms with Crippen molar-refractivity contribution in [2.75, 3.05) is 6.73 Å². The van der Waals surface area contributed by atoms with Gasteiger partial charge in [-0.3, -0.25) is 9.69 Å². The zero-order valence-corrected chi connectivity index (χ0v) is 12.6. The zero-order valence-electron chi connectivity index (χ0n) is 12.6. The van der Waals surface area contributed by atoms with Crippen molar-refractivity contribution in [1.82, 2.24) is 4.90 Å². The third-order valence-corrected chi connectivity index (χ3v) is 4.79. The molecule has 1 saturated carbocycles. The lowest BCUT2D eigenvalue weighted by molar-refractivity contribution is -0.168. The van der Waals surface area contributed by atoms with Crippen LogP contribution >= 0.6 is 0 Å². The van der Waals surface area contributed by atoms with Gasteiger partial charge in [0.05, 0.1) is 17.5 Å². The van der Waals surface area contributed by atoms with Crippen LogP contribution in [0.5, 0.6) is 0 Å². The molecule has 0 radical (unpaired) electrons. The normalized spacial score (nSPS) is 27.4. The number of rotatable bonds is 1. The van der Waals surface area contributed by atoms with E-state index >= 15 is 0 Å². The molecule has 0 unspecified atom stereocenters. The summed E-state index contributed by atoms with van der Waals surface area (Å²) >= 11 is 0. The lowest BCUT2D eigenvalue weighted by Crippen LogP contribution is -2.54. The number of carbonyl (C=O) groups excluding carboxylic acids is 1. The fourth-order valence-electron chi connectivity index (χ4n) is 3.59. The van der Waals surface area contributed by atoms with E-state index < -0.39 is 35.8 Å². The lowest BCUT2D eigenvalue weighted by Gasteiger charge is -2.43. The van der Waals surface area contributed by atoms with Crippen molar-refractivity contribution in [3.8, 4) is 0 Å². The van der Waals surface area contributed by atoms with E-state index in [-0.39, 0.29) is 19.1 Å². The van der Waals surface area contributed by atoms with Gasteiger partial charge < -0.3 is 9.84 Å². The van der Waals surface area contributed by atoms with E-state index in [1.54, 1.807) is 6.07 Å². The summed E-state index contributed by atoms with van der Waals surface area (Å²) in [5.41, 5.74) is -0.205. The maximum absolute atomic E-state index is 12.9. The van der Waals surface area contributed by atoms with Gasteiger partial charge in [0.2, 0.25) is 0 Å². The Morgan fingerprint density at radius 1 is 1.29 bits per heavy atom. The average molecular weight is 343 g/mol. The number of alkyl halides is 3. The fourth-order valence-corrected chi connectivity index (χ4v) is 3.59. The molecular weight excluding hydrogens is 327 g/mol. The van der Waals surface area contributed by atoms with Crippen LogP contribution in [0.15, 0.2) is 24.3 Å². The molecule has 3 atom stereocenters. The minimum absolute atomic E-state index is 0.227. The predicted octanol–water partition coefficient (Wildman–Crippen LogP) is 3.45. The number of benzene rings is 1. The largest absolute Gasteiger partial charge is 0.465 e. The highest BCUT2D eigenvalue weighted by atomic mass is 19.4. The number of carbonyl (C=O) groups is 2. The van der Waals surface area contributed by atoms with Crippen LogP contribution in [-0.4, -0.2) is 34.8 Å². The van der Waals surface area contributed by atoms with E-state index in [1.165, 1.54) is 6.07 Å². The Bertz CT molecular complexity index is 661. The average Bonchev–Trinajstić information content (AvgIpc) is 2.54. The summed E-state index contributed by atoms with van der Waals surface area (Å²) in [7, 11) is 0. The van der Waals surface area contributed by atoms with Gasteiger partial charge in [-0.15, -0.1) is 0 Å². The second-order valence-corrected chi connectivity index (χ2v) is 6.15. The van der Waals surface area contributed by atoms with Crippen molar-refractivity contribution < 1.29 is 32.6 Å². The molecule has 8 heteroatoms. The van der Waals surface area contributed by atoms with Crippen LogP contribution in [0.3, 0.4) is 0 Å². The highest BCUT2D eigenvalue weighted by Gasteiger charge is 2.45. The Labute approximate surface area is 136 Å². The molecule has 1 aromatic carbocycles. The van der Waals surface area contributed by atoms with Crippen LogP contribution in [0.25, 0.3) is 0 Å². The topological polar surface area (TPSA) is 66.8 Å². The van der Waals surface area contributed by atoms with Crippen LogP contribution in [-0.2, 0) is 15.7 Å². The molecule has 0 bridgehead atoms. The van der Waals surface area contributed by atoms with Crippen molar-refractivity contribution >= 4 is 12.1 Å². The Morgan fingerprint density at radius 3 is 2.71 bits per heavy atom. The van der Waals surface area contributed by atoms with E-state index in [9.17, 15) is 27.9 Å². The van der Waals surface area contributed by atoms with E-state index in [0.717, 1.165) is 17.0 Å². The number of halogens is 3. The molecule has 24 heavy (non-hydrogen) atoms. The first kappa shape index (κ1) is 16.6. The van der Waals surface area contributed by atoms with Crippen molar-refractivity contribution in [1.29, 1.82) is 0 Å². The van der Waals surface area contributed by atoms with Gasteiger partial charge in [0.15, 0.2) is 6.73 Å². The fraction of sp³-hybridized carbons (Fsp3) is 0.500. The molecule has 1 aliphatic carbocycles. The number of nitrogens with zero attached hydrogens (tertiary/aromatic N) is 1. The Kier molecular flexibility index (Phi) is 4.15. The van der Waals surface area contributed by atoms with Crippen LogP contribution < -0.4 is 0 Å². The smallest absolute Gasteiger partial charge is 0.416 e. The third kappa shape index (κ3) is 3.05. The van der Waals surface area contributed by atoms with Crippen LogP contribution in [0.4, 0.5) is 18.0 Å². The summed E-state index contributed by atoms with van der Waals surface area (Å²) in [6.45, 7) is -0.288. The number of esters is 1. The molecule has 1 N–H and O–H groups in total. The number of ether oxygens (including phenoxy) is 1. The minimum atomic E-state index is -4.42. The van der Waals surface area contributed by atoms with E-state index in [1.807, 2.05) is 0 Å². The highest BCUT2D eigenvalue weighted by Crippen LogP contribution is 2.41. The highest BCUT2D eigenvalue weighted by molar-refractivity contribution is 5.77. The Balaban J connectivity index is 1.82. The Morgan fingerprint density at radius 2 is 2.04 bits per heavy atom. The van der Waals surface area contributed by atoms with Crippen LogP contribution in [0.1, 0.15) is 36.3 Å². The van der Waals surface area contributed by atoms with Gasteiger partial charge >= 0.3 is 18.2 Å². The SMILES string of the molecule is O=C1OCN(C(=O)O)[C@H]2CC[C@H](c3cccc(C(F)(F)F)c3)C[C@H]12. The maximum atomic E-state index is 12.9. The van der Waals surface area contributed by atoms with Crippen molar-refractivity contribution in [2.24, 2.45) is 5.92 Å². The first-order valence-electron chi connectivity index (χ1n) is 7.60. The number of hydrogen-bond acceptors (Lipinski definition) is 3. The monoisotopic (exact) mass is 343 g/mol. The molecule has 2 aliphatic rings.